The van der Waals surface area contributed by atoms with E-state index in [2.05, 4.69) is 19.1 Å². The first-order chi connectivity index (χ1) is 10.3. The molecule has 0 bridgehead atoms. The first-order valence-electron chi connectivity index (χ1n) is 7.27. The zero-order valence-electron chi connectivity index (χ0n) is 12.1. The third-order valence-corrected chi connectivity index (χ3v) is 3.66. The third-order valence-electron chi connectivity index (χ3n) is 3.66. The van der Waals surface area contributed by atoms with Crippen LogP contribution < -0.4 is 9.47 Å². The Balaban J connectivity index is 1.75. The Hall–Kier alpha value is -2.29. The summed E-state index contributed by atoms with van der Waals surface area (Å²) in [6.07, 6.45) is 1.42. The van der Waals surface area contributed by atoms with Gasteiger partial charge in [0, 0.05) is 12.0 Å². The molecule has 0 fully saturated rings. The molecule has 0 unspecified atom stereocenters. The van der Waals surface area contributed by atoms with Crippen molar-refractivity contribution in [2.75, 3.05) is 13.2 Å². The normalized spacial score (nSPS) is 13.0. The van der Waals surface area contributed by atoms with E-state index in [9.17, 15) is 4.79 Å². The predicted octanol–water partition coefficient (Wildman–Crippen LogP) is 3.45. The average Bonchev–Trinajstić information content (AvgIpc) is 2.55. The van der Waals surface area contributed by atoms with Crippen molar-refractivity contribution >= 4 is 5.78 Å². The van der Waals surface area contributed by atoms with E-state index in [0.29, 0.717) is 36.7 Å². The summed E-state index contributed by atoms with van der Waals surface area (Å²) in [5.74, 6) is 1.47. The first kappa shape index (κ1) is 13.7. The molecule has 0 saturated carbocycles. The number of fused-ring (bicyclic) bond motifs is 1. The number of hydrogen-bond acceptors (Lipinski definition) is 3. The maximum Gasteiger partial charge on any atom is 0.167 e. The van der Waals surface area contributed by atoms with E-state index >= 15 is 0 Å². The van der Waals surface area contributed by atoms with E-state index in [1.807, 2.05) is 18.2 Å². The molecule has 108 valence electrons. The molecule has 21 heavy (non-hydrogen) atoms. The Morgan fingerprint density at radius 2 is 1.62 bits per heavy atom. The van der Waals surface area contributed by atoms with E-state index in [1.165, 1.54) is 5.56 Å². The van der Waals surface area contributed by atoms with Gasteiger partial charge < -0.3 is 9.47 Å². The lowest BCUT2D eigenvalue weighted by molar-refractivity contribution is 0.0991. The second-order valence-electron chi connectivity index (χ2n) is 5.13. The molecule has 0 N–H and O–H groups in total. The van der Waals surface area contributed by atoms with Crippen LogP contribution in [-0.2, 0) is 12.8 Å². The van der Waals surface area contributed by atoms with Crippen LogP contribution in [0.4, 0.5) is 0 Å². The molecule has 0 atom stereocenters. The van der Waals surface area contributed by atoms with Crippen molar-refractivity contribution in [1.82, 2.24) is 0 Å². The van der Waals surface area contributed by atoms with Crippen LogP contribution in [0, 0.1) is 0 Å². The average molecular weight is 282 g/mol. The summed E-state index contributed by atoms with van der Waals surface area (Å²) in [6, 6.07) is 13.6. The van der Waals surface area contributed by atoms with Crippen LogP contribution in [0.3, 0.4) is 0 Å². The molecule has 2 aromatic carbocycles. The fraction of sp³-hybridized carbons (Fsp3) is 0.278. The Kier molecular flexibility index (Phi) is 3.91. The number of Topliss-reactive ketones (excluding diaryl/α,β-unsaturated/α-hetero) is 1. The number of rotatable bonds is 4. The van der Waals surface area contributed by atoms with E-state index in [0.717, 1.165) is 12.0 Å². The molecule has 0 spiro atoms. The second kappa shape index (κ2) is 6.00. The minimum absolute atomic E-state index is 0.0937. The molecule has 1 heterocycles. The van der Waals surface area contributed by atoms with Gasteiger partial charge in [-0.05, 0) is 35.7 Å². The predicted molar refractivity (Wildman–Crippen MR) is 81.3 cm³/mol. The number of ketones is 1. The lowest BCUT2D eigenvalue weighted by Gasteiger charge is -2.18. The van der Waals surface area contributed by atoms with Crippen molar-refractivity contribution < 1.29 is 14.3 Å². The summed E-state index contributed by atoms with van der Waals surface area (Å²) < 4.78 is 11.0. The smallest absolute Gasteiger partial charge is 0.167 e. The largest absolute Gasteiger partial charge is 0.486 e. The second-order valence-corrected chi connectivity index (χ2v) is 5.13. The Labute approximate surface area is 124 Å². The molecule has 3 nitrogen and oxygen atoms in total. The van der Waals surface area contributed by atoms with Gasteiger partial charge in [-0.1, -0.05) is 31.2 Å². The highest BCUT2D eigenvalue weighted by molar-refractivity contribution is 5.98. The molecule has 0 amide bonds. The highest BCUT2D eigenvalue weighted by Gasteiger charge is 2.15. The van der Waals surface area contributed by atoms with Crippen molar-refractivity contribution in [3.63, 3.8) is 0 Å². The number of aryl methyl sites for hydroxylation is 1. The summed E-state index contributed by atoms with van der Waals surface area (Å²) >= 11 is 0. The maximum atomic E-state index is 12.4. The van der Waals surface area contributed by atoms with Gasteiger partial charge in [0.2, 0.25) is 0 Å². The van der Waals surface area contributed by atoms with Gasteiger partial charge in [-0.15, -0.1) is 0 Å². The fourth-order valence-electron chi connectivity index (χ4n) is 2.40. The zero-order chi connectivity index (χ0) is 14.7. The minimum atomic E-state index is 0.0937. The highest BCUT2D eigenvalue weighted by atomic mass is 16.6. The standard InChI is InChI=1S/C18H18O3/c1-2-13-3-5-14(6-4-13)11-16(19)15-7-8-17-18(12-15)21-10-9-20-17/h3-8,12H,2,9-11H2,1H3. The molecular weight excluding hydrogens is 264 g/mol. The number of hydrogen-bond donors (Lipinski definition) is 0. The van der Waals surface area contributed by atoms with Gasteiger partial charge in [-0.2, -0.15) is 0 Å². The number of benzene rings is 2. The van der Waals surface area contributed by atoms with Gasteiger partial charge in [-0.25, -0.2) is 0 Å². The molecule has 3 heteroatoms. The lowest BCUT2D eigenvalue weighted by atomic mass is 10.0. The van der Waals surface area contributed by atoms with Crippen LogP contribution in [-0.4, -0.2) is 19.0 Å². The van der Waals surface area contributed by atoms with Gasteiger partial charge in [-0.3, -0.25) is 4.79 Å². The van der Waals surface area contributed by atoms with Crippen LogP contribution in [0.2, 0.25) is 0 Å². The molecule has 1 aliphatic heterocycles. The van der Waals surface area contributed by atoms with E-state index in [4.69, 9.17) is 9.47 Å². The van der Waals surface area contributed by atoms with E-state index in [-0.39, 0.29) is 5.78 Å². The van der Waals surface area contributed by atoms with Gasteiger partial charge in [0.15, 0.2) is 17.3 Å². The van der Waals surface area contributed by atoms with E-state index < -0.39 is 0 Å². The Bertz CT molecular complexity index is 644. The van der Waals surface area contributed by atoms with Crippen LogP contribution in [0.25, 0.3) is 0 Å². The van der Waals surface area contributed by atoms with Gasteiger partial charge in [0.1, 0.15) is 13.2 Å². The van der Waals surface area contributed by atoms with Crippen LogP contribution in [0.5, 0.6) is 11.5 Å². The summed E-state index contributed by atoms with van der Waals surface area (Å²) in [6.45, 7) is 3.21. The zero-order valence-corrected chi connectivity index (χ0v) is 12.1. The first-order valence-corrected chi connectivity index (χ1v) is 7.27. The third kappa shape index (κ3) is 3.07. The van der Waals surface area contributed by atoms with Crippen LogP contribution in [0.15, 0.2) is 42.5 Å². The molecule has 1 aliphatic rings. The minimum Gasteiger partial charge on any atom is -0.486 e. The quantitative estimate of drug-likeness (QED) is 0.806. The lowest BCUT2D eigenvalue weighted by Crippen LogP contribution is -2.16. The molecule has 0 aromatic heterocycles. The Morgan fingerprint density at radius 3 is 2.33 bits per heavy atom. The highest BCUT2D eigenvalue weighted by Crippen LogP contribution is 2.31. The van der Waals surface area contributed by atoms with Crippen LogP contribution in [0.1, 0.15) is 28.4 Å². The topological polar surface area (TPSA) is 35.5 Å². The van der Waals surface area contributed by atoms with Crippen molar-refractivity contribution in [3.05, 3.63) is 59.2 Å². The van der Waals surface area contributed by atoms with Crippen molar-refractivity contribution in [1.29, 1.82) is 0 Å². The molecule has 2 aromatic rings. The van der Waals surface area contributed by atoms with Crippen LogP contribution >= 0.6 is 0 Å². The van der Waals surface area contributed by atoms with Crippen molar-refractivity contribution in [2.45, 2.75) is 19.8 Å². The molecule has 0 aliphatic carbocycles. The maximum absolute atomic E-state index is 12.4. The Morgan fingerprint density at radius 1 is 0.952 bits per heavy atom. The number of carbonyl (C=O) groups is 1. The number of carbonyl (C=O) groups excluding carboxylic acids is 1. The van der Waals surface area contributed by atoms with Gasteiger partial charge in [0.25, 0.3) is 0 Å². The molecule has 0 radical (unpaired) electrons. The van der Waals surface area contributed by atoms with Gasteiger partial charge >= 0.3 is 0 Å². The monoisotopic (exact) mass is 282 g/mol. The fourth-order valence-corrected chi connectivity index (χ4v) is 2.40. The number of ether oxygens (including phenoxy) is 2. The van der Waals surface area contributed by atoms with Crippen molar-refractivity contribution in [2.24, 2.45) is 0 Å². The van der Waals surface area contributed by atoms with Gasteiger partial charge in [0.05, 0.1) is 0 Å². The summed E-state index contributed by atoms with van der Waals surface area (Å²) in [4.78, 5) is 12.4. The van der Waals surface area contributed by atoms with Crippen molar-refractivity contribution in [3.8, 4) is 11.5 Å². The molecular formula is C18H18O3. The molecule has 3 rings (SSSR count). The summed E-state index contributed by atoms with van der Waals surface area (Å²) in [5, 5.41) is 0. The summed E-state index contributed by atoms with van der Waals surface area (Å²) in [5.41, 5.74) is 2.98. The SMILES string of the molecule is CCc1ccc(CC(=O)c2ccc3c(c2)OCCO3)cc1. The molecule has 0 saturated heterocycles. The van der Waals surface area contributed by atoms with E-state index in [1.54, 1.807) is 12.1 Å². The summed E-state index contributed by atoms with van der Waals surface area (Å²) in [7, 11) is 0.